The molecule has 4 N–H and O–H groups in total. The van der Waals surface area contributed by atoms with Gasteiger partial charge in [-0.15, -0.1) is 0 Å². The van der Waals surface area contributed by atoms with E-state index in [4.69, 9.17) is 11.0 Å². The predicted molar refractivity (Wildman–Crippen MR) is 84.8 cm³/mol. The lowest BCUT2D eigenvalue weighted by molar-refractivity contribution is 0.161. The summed E-state index contributed by atoms with van der Waals surface area (Å²) in [4.78, 5) is 7.30. The maximum absolute atomic E-state index is 13.8. The number of fused-ring (bicyclic) bond motifs is 1. The molecule has 0 aliphatic heterocycles. The maximum atomic E-state index is 13.8. The van der Waals surface area contributed by atoms with Gasteiger partial charge in [0.1, 0.15) is 29.1 Å². The van der Waals surface area contributed by atoms with Crippen LogP contribution in [0.4, 0.5) is 8.78 Å². The van der Waals surface area contributed by atoms with Crippen LogP contribution in [0.25, 0.3) is 22.2 Å². The predicted octanol–water partition coefficient (Wildman–Crippen LogP) is 2.76. The molecule has 1 aromatic heterocycles. The molecule has 0 aliphatic carbocycles. The van der Waals surface area contributed by atoms with E-state index in [1.165, 1.54) is 6.07 Å². The van der Waals surface area contributed by atoms with Gasteiger partial charge in [0.2, 0.25) is 0 Å². The molecule has 2 aromatic carbocycles. The van der Waals surface area contributed by atoms with Crippen molar-refractivity contribution in [2.45, 2.75) is 19.1 Å². The highest BCUT2D eigenvalue weighted by Gasteiger charge is 2.17. The van der Waals surface area contributed by atoms with Crippen LogP contribution in [0.3, 0.4) is 0 Å². The minimum atomic E-state index is -0.908. The van der Waals surface area contributed by atoms with Crippen molar-refractivity contribution in [2.24, 2.45) is 5.73 Å². The minimum absolute atomic E-state index is 0.307. The van der Waals surface area contributed by atoms with Gasteiger partial charge >= 0.3 is 0 Å². The lowest BCUT2D eigenvalue weighted by Crippen LogP contribution is -2.24. The highest BCUT2D eigenvalue weighted by molar-refractivity contribution is 5.82. The lowest BCUT2D eigenvalue weighted by Gasteiger charge is -2.10. The maximum Gasteiger partial charge on any atom is 0.144 e. The monoisotopic (exact) mass is 328 g/mol. The molecular weight excluding hydrogens is 314 g/mol. The van der Waals surface area contributed by atoms with E-state index in [9.17, 15) is 13.9 Å². The average molecular weight is 328 g/mol. The van der Waals surface area contributed by atoms with Gasteiger partial charge in [0.25, 0.3) is 0 Å². The molecule has 24 heavy (non-hydrogen) atoms. The molecule has 0 radical (unpaired) electrons. The number of nitrogens with two attached hydrogens (primary N) is 1. The molecule has 1 heterocycles. The fraction of sp³-hybridized carbons (Fsp3) is 0.176. The molecule has 0 aliphatic rings. The molecular formula is C17H14F2N4O. The summed E-state index contributed by atoms with van der Waals surface area (Å²) in [6.07, 6.45) is -0.772. The highest BCUT2D eigenvalue weighted by Crippen LogP contribution is 2.27. The van der Waals surface area contributed by atoms with Crippen molar-refractivity contribution in [3.8, 4) is 17.2 Å². The Kier molecular flexibility index (Phi) is 4.01. The Morgan fingerprint density at radius 1 is 1.21 bits per heavy atom. The van der Waals surface area contributed by atoms with Crippen LogP contribution in [-0.2, 0) is 0 Å². The Morgan fingerprint density at radius 2 is 1.88 bits per heavy atom. The quantitative estimate of drug-likeness (QED) is 0.688. The number of hydrogen-bond donors (Lipinski definition) is 3. The lowest BCUT2D eigenvalue weighted by atomic mass is 10.0. The van der Waals surface area contributed by atoms with Crippen LogP contribution in [0.1, 0.15) is 24.4 Å². The van der Waals surface area contributed by atoms with Crippen molar-refractivity contribution in [3.05, 3.63) is 53.4 Å². The van der Waals surface area contributed by atoms with E-state index in [1.807, 2.05) is 0 Å². The van der Waals surface area contributed by atoms with E-state index >= 15 is 0 Å². The van der Waals surface area contributed by atoms with E-state index in [0.717, 1.165) is 12.1 Å². The molecule has 0 amide bonds. The molecule has 5 nitrogen and oxygen atoms in total. The first-order chi connectivity index (χ1) is 11.4. The second kappa shape index (κ2) is 6.00. The van der Waals surface area contributed by atoms with E-state index in [2.05, 4.69) is 9.97 Å². The number of H-pyrrole nitrogens is 1. The zero-order valence-corrected chi connectivity index (χ0v) is 12.7. The van der Waals surface area contributed by atoms with Gasteiger partial charge in [-0.1, -0.05) is 6.07 Å². The topological polar surface area (TPSA) is 98.7 Å². The summed E-state index contributed by atoms with van der Waals surface area (Å²) in [6.45, 7) is 1.56. The van der Waals surface area contributed by atoms with Crippen LogP contribution in [-0.4, -0.2) is 21.2 Å². The molecule has 122 valence electrons. The number of aromatic nitrogens is 2. The van der Waals surface area contributed by atoms with Crippen molar-refractivity contribution in [1.29, 1.82) is 5.26 Å². The first kappa shape index (κ1) is 16.1. The largest absolute Gasteiger partial charge is 0.391 e. The molecule has 7 heteroatoms. The SMILES string of the molecule is CC(O)C(N)c1nc2ccc(-c3cc(F)c(C#N)c(F)c3)cc2[nH]1. The van der Waals surface area contributed by atoms with E-state index in [1.54, 1.807) is 25.1 Å². The summed E-state index contributed by atoms with van der Waals surface area (Å²) >= 11 is 0. The molecule has 0 bridgehead atoms. The Labute approximate surface area is 136 Å². The summed E-state index contributed by atoms with van der Waals surface area (Å²) in [7, 11) is 0. The third kappa shape index (κ3) is 2.73. The van der Waals surface area contributed by atoms with Gasteiger partial charge in [-0.3, -0.25) is 0 Å². The van der Waals surface area contributed by atoms with Crippen molar-refractivity contribution in [1.82, 2.24) is 9.97 Å². The first-order valence-electron chi connectivity index (χ1n) is 7.23. The summed E-state index contributed by atoms with van der Waals surface area (Å²) in [5, 5.41) is 18.3. The van der Waals surface area contributed by atoms with E-state index < -0.39 is 29.3 Å². The normalized spacial score (nSPS) is 13.7. The molecule has 0 saturated heterocycles. The number of nitrogens with one attached hydrogen (secondary N) is 1. The van der Waals surface area contributed by atoms with Gasteiger partial charge in [0.05, 0.1) is 23.2 Å². The Morgan fingerprint density at radius 3 is 2.46 bits per heavy atom. The van der Waals surface area contributed by atoms with Crippen LogP contribution in [0.5, 0.6) is 0 Å². The summed E-state index contributed by atoms with van der Waals surface area (Å²) in [6, 6.07) is 8.10. The molecule has 2 unspecified atom stereocenters. The molecule has 3 rings (SSSR count). The number of rotatable bonds is 3. The van der Waals surface area contributed by atoms with Crippen molar-refractivity contribution >= 4 is 11.0 Å². The molecule has 0 fully saturated rings. The zero-order valence-electron chi connectivity index (χ0n) is 12.7. The van der Waals surface area contributed by atoms with Gasteiger partial charge in [-0.2, -0.15) is 5.26 Å². The number of aliphatic hydroxyl groups excluding tert-OH is 1. The number of halogens is 2. The Bertz CT molecular complexity index is 936. The second-order valence-electron chi connectivity index (χ2n) is 5.55. The first-order valence-corrected chi connectivity index (χ1v) is 7.23. The summed E-state index contributed by atoms with van der Waals surface area (Å²) in [5.74, 6) is -1.39. The molecule has 3 aromatic rings. The van der Waals surface area contributed by atoms with Gasteiger partial charge in [0, 0.05) is 0 Å². The van der Waals surface area contributed by atoms with Crippen LogP contribution >= 0.6 is 0 Å². The van der Waals surface area contributed by atoms with Crippen molar-refractivity contribution < 1.29 is 13.9 Å². The molecule has 2 atom stereocenters. The summed E-state index contributed by atoms with van der Waals surface area (Å²) < 4.78 is 27.6. The summed E-state index contributed by atoms with van der Waals surface area (Å²) in [5.41, 5.74) is 7.36. The number of aliphatic hydroxyl groups is 1. The van der Waals surface area contributed by atoms with Gasteiger partial charge < -0.3 is 15.8 Å². The number of hydrogen-bond acceptors (Lipinski definition) is 4. The van der Waals surface area contributed by atoms with Crippen molar-refractivity contribution in [2.75, 3.05) is 0 Å². The van der Waals surface area contributed by atoms with Crippen LogP contribution < -0.4 is 5.73 Å². The number of aromatic amines is 1. The van der Waals surface area contributed by atoms with E-state index in [-0.39, 0.29) is 0 Å². The minimum Gasteiger partial charge on any atom is -0.391 e. The second-order valence-corrected chi connectivity index (χ2v) is 5.55. The van der Waals surface area contributed by atoms with Crippen LogP contribution in [0.15, 0.2) is 30.3 Å². The molecule has 0 spiro atoms. The van der Waals surface area contributed by atoms with Gasteiger partial charge in [0.15, 0.2) is 0 Å². The van der Waals surface area contributed by atoms with E-state index in [0.29, 0.717) is 28.0 Å². The number of nitrogens with zero attached hydrogens (tertiary/aromatic N) is 2. The Balaban J connectivity index is 2.07. The number of imidazole rings is 1. The third-order valence-corrected chi connectivity index (χ3v) is 3.82. The third-order valence-electron chi connectivity index (χ3n) is 3.82. The highest BCUT2D eigenvalue weighted by atomic mass is 19.1. The van der Waals surface area contributed by atoms with Crippen LogP contribution in [0.2, 0.25) is 0 Å². The Hall–Kier alpha value is -2.82. The smallest absolute Gasteiger partial charge is 0.144 e. The standard InChI is InChI=1S/C17H14F2N4O/c1-8(24)16(21)17-22-14-3-2-9(6-15(14)23-17)10-4-12(18)11(7-20)13(19)5-10/h2-6,8,16,24H,21H2,1H3,(H,22,23). The number of benzene rings is 2. The van der Waals surface area contributed by atoms with Gasteiger partial charge in [-0.25, -0.2) is 13.8 Å². The fourth-order valence-electron chi connectivity index (χ4n) is 2.44. The zero-order chi connectivity index (χ0) is 17.4. The van der Waals surface area contributed by atoms with Crippen LogP contribution in [0, 0.1) is 23.0 Å². The van der Waals surface area contributed by atoms with Gasteiger partial charge in [-0.05, 0) is 42.3 Å². The fourth-order valence-corrected chi connectivity index (χ4v) is 2.44. The average Bonchev–Trinajstić information content (AvgIpc) is 2.96. The molecule has 0 saturated carbocycles. The van der Waals surface area contributed by atoms with Crippen molar-refractivity contribution in [3.63, 3.8) is 0 Å². The number of nitriles is 1.